The van der Waals surface area contributed by atoms with Gasteiger partial charge in [0, 0.05) is 12.0 Å². The summed E-state index contributed by atoms with van der Waals surface area (Å²) in [6.07, 6.45) is 16.8. The van der Waals surface area contributed by atoms with E-state index in [1.54, 1.807) is 0 Å². The molecule has 0 saturated carbocycles. The molecule has 4 heteroatoms. The Labute approximate surface area is 164 Å². The van der Waals surface area contributed by atoms with Gasteiger partial charge in [-0.2, -0.15) is 0 Å². The summed E-state index contributed by atoms with van der Waals surface area (Å²) in [5.74, 6) is -1.58. The smallest absolute Gasteiger partial charge is 0.339 e. The van der Waals surface area contributed by atoms with E-state index < -0.39 is 5.97 Å². The van der Waals surface area contributed by atoms with Crippen LogP contribution in [0.2, 0.25) is 0 Å². The van der Waals surface area contributed by atoms with Gasteiger partial charge in [0.25, 0.3) is 0 Å². The number of rotatable bonds is 16. The number of hydrogen-bond acceptors (Lipinski definition) is 3. The van der Waals surface area contributed by atoms with Gasteiger partial charge in [-0.05, 0) is 24.6 Å². The molecule has 1 aromatic rings. The zero-order valence-corrected chi connectivity index (χ0v) is 16.8. The zero-order chi connectivity index (χ0) is 19.9. The third kappa shape index (κ3) is 10.2. The van der Waals surface area contributed by atoms with Gasteiger partial charge in [0.1, 0.15) is 11.3 Å². The summed E-state index contributed by atoms with van der Waals surface area (Å²) in [7, 11) is 0. The maximum atomic E-state index is 12.2. The largest absolute Gasteiger partial charge is 0.507 e. The van der Waals surface area contributed by atoms with Crippen LogP contribution in [-0.4, -0.2) is 22.0 Å². The molecule has 1 aromatic carbocycles. The molecule has 0 heterocycles. The van der Waals surface area contributed by atoms with Gasteiger partial charge in [-0.1, -0.05) is 84.0 Å². The lowest BCUT2D eigenvalue weighted by Gasteiger charge is -2.05. The highest BCUT2D eigenvalue weighted by atomic mass is 16.4. The van der Waals surface area contributed by atoms with Crippen molar-refractivity contribution >= 4 is 11.8 Å². The maximum Gasteiger partial charge on any atom is 0.339 e. The number of aromatic hydroxyl groups is 1. The molecule has 0 unspecified atom stereocenters. The number of ketones is 1. The predicted molar refractivity (Wildman–Crippen MR) is 110 cm³/mol. The molecule has 1 rings (SSSR count). The van der Waals surface area contributed by atoms with Crippen LogP contribution in [0.5, 0.6) is 5.75 Å². The number of phenols is 1. The SMILES string of the molecule is CCCCCCCCCCCCCCCC(=O)c1ccc(O)c(C(=O)O)c1. The molecule has 27 heavy (non-hydrogen) atoms. The van der Waals surface area contributed by atoms with Crippen molar-refractivity contribution in [3.05, 3.63) is 29.3 Å². The second-order valence-electron chi connectivity index (χ2n) is 7.45. The van der Waals surface area contributed by atoms with Crippen LogP contribution in [0.4, 0.5) is 0 Å². The predicted octanol–water partition coefficient (Wildman–Crippen LogP) is 6.75. The number of carbonyl (C=O) groups excluding carboxylic acids is 1. The van der Waals surface area contributed by atoms with Gasteiger partial charge >= 0.3 is 5.97 Å². The third-order valence-electron chi connectivity index (χ3n) is 5.06. The maximum absolute atomic E-state index is 12.2. The average molecular weight is 377 g/mol. The Hall–Kier alpha value is -1.84. The van der Waals surface area contributed by atoms with E-state index in [-0.39, 0.29) is 17.1 Å². The lowest BCUT2D eigenvalue weighted by molar-refractivity contribution is 0.0693. The molecule has 0 radical (unpaired) electrons. The normalized spacial score (nSPS) is 10.9. The van der Waals surface area contributed by atoms with Crippen molar-refractivity contribution in [3.63, 3.8) is 0 Å². The zero-order valence-electron chi connectivity index (χ0n) is 16.8. The Kier molecular flexibility index (Phi) is 12.2. The molecule has 0 saturated heterocycles. The molecule has 2 N–H and O–H groups in total. The number of carboxylic acid groups (broad SMARTS) is 1. The quantitative estimate of drug-likeness (QED) is 0.247. The van der Waals surface area contributed by atoms with Gasteiger partial charge < -0.3 is 10.2 Å². The molecule has 0 aliphatic rings. The first kappa shape index (κ1) is 23.2. The van der Waals surface area contributed by atoms with Crippen LogP contribution in [0.3, 0.4) is 0 Å². The van der Waals surface area contributed by atoms with Crippen molar-refractivity contribution in [1.82, 2.24) is 0 Å². The first-order chi connectivity index (χ1) is 13.1. The molecule has 0 atom stereocenters. The summed E-state index contributed by atoms with van der Waals surface area (Å²) in [4.78, 5) is 23.2. The Morgan fingerprint density at radius 2 is 1.26 bits per heavy atom. The van der Waals surface area contributed by atoms with E-state index in [9.17, 15) is 14.7 Å². The minimum absolute atomic E-state index is 0.0550. The molecule has 4 nitrogen and oxygen atoms in total. The average Bonchev–Trinajstić information content (AvgIpc) is 2.65. The fraction of sp³-hybridized carbons (Fsp3) is 0.652. The van der Waals surface area contributed by atoms with Crippen LogP contribution in [-0.2, 0) is 0 Å². The summed E-state index contributed by atoms with van der Waals surface area (Å²) in [5, 5.41) is 18.5. The van der Waals surface area contributed by atoms with E-state index in [4.69, 9.17) is 5.11 Å². The van der Waals surface area contributed by atoms with Crippen LogP contribution in [0.25, 0.3) is 0 Å². The minimum Gasteiger partial charge on any atom is -0.507 e. The molecule has 0 bridgehead atoms. The van der Waals surface area contributed by atoms with Crippen LogP contribution >= 0.6 is 0 Å². The lowest BCUT2D eigenvalue weighted by atomic mass is 10.0. The molecule has 152 valence electrons. The highest BCUT2D eigenvalue weighted by Gasteiger charge is 2.13. The number of aromatic carboxylic acids is 1. The fourth-order valence-corrected chi connectivity index (χ4v) is 3.33. The second-order valence-corrected chi connectivity index (χ2v) is 7.45. The van der Waals surface area contributed by atoms with Crippen molar-refractivity contribution < 1.29 is 19.8 Å². The van der Waals surface area contributed by atoms with Crippen molar-refractivity contribution in [2.24, 2.45) is 0 Å². The summed E-state index contributed by atoms with van der Waals surface area (Å²) in [5.41, 5.74) is 0.148. The van der Waals surface area contributed by atoms with Crippen LogP contribution in [0, 0.1) is 0 Å². The molecular formula is C23H36O4. The number of carboxylic acids is 1. The van der Waals surface area contributed by atoms with Gasteiger partial charge in [0.2, 0.25) is 0 Å². The summed E-state index contributed by atoms with van der Waals surface area (Å²) in [6.45, 7) is 2.25. The third-order valence-corrected chi connectivity index (χ3v) is 5.06. The number of unbranched alkanes of at least 4 members (excludes halogenated alkanes) is 12. The van der Waals surface area contributed by atoms with Crippen LogP contribution in [0.15, 0.2) is 18.2 Å². The molecule has 0 spiro atoms. The highest BCUT2D eigenvalue weighted by molar-refractivity contribution is 5.99. The summed E-state index contributed by atoms with van der Waals surface area (Å²) >= 11 is 0. The van der Waals surface area contributed by atoms with E-state index in [0.29, 0.717) is 12.0 Å². The van der Waals surface area contributed by atoms with Gasteiger partial charge in [0.05, 0.1) is 0 Å². The van der Waals surface area contributed by atoms with Crippen molar-refractivity contribution in [3.8, 4) is 5.75 Å². The van der Waals surface area contributed by atoms with Gasteiger partial charge in [-0.3, -0.25) is 4.79 Å². The fourth-order valence-electron chi connectivity index (χ4n) is 3.33. The molecule has 0 aliphatic carbocycles. The Bertz CT molecular complexity index is 565. The van der Waals surface area contributed by atoms with E-state index in [1.807, 2.05) is 0 Å². The van der Waals surface area contributed by atoms with Crippen LogP contribution in [0.1, 0.15) is 118 Å². The van der Waals surface area contributed by atoms with E-state index >= 15 is 0 Å². The summed E-state index contributed by atoms with van der Waals surface area (Å²) in [6, 6.07) is 4.04. The molecular weight excluding hydrogens is 340 g/mol. The Morgan fingerprint density at radius 1 is 0.778 bits per heavy atom. The number of Topliss-reactive ketones (excluding diaryl/α,β-unsaturated/α-hetero) is 1. The van der Waals surface area contributed by atoms with E-state index in [2.05, 4.69) is 6.92 Å². The van der Waals surface area contributed by atoms with E-state index in [1.165, 1.54) is 82.4 Å². The first-order valence-electron chi connectivity index (χ1n) is 10.7. The number of carbonyl (C=O) groups is 2. The van der Waals surface area contributed by atoms with Gasteiger partial charge in [-0.25, -0.2) is 4.79 Å². The minimum atomic E-state index is -1.22. The second kappa shape index (κ2) is 14.2. The summed E-state index contributed by atoms with van der Waals surface area (Å²) < 4.78 is 0. The van der Waals surface area contributed by atoms with Crippen molar-refractivity contribution in [1.29, 1.82) is 0 Å². The van der Waals surface area contributed by atoms with Crippen molar-refractivity contribution in [2.75, 3.05) is 0 Å². The topological polar surface area (TPSA) is 74.6 Å². The number of benzene rings is 1. The van der Waals surface area contributed by atoms with Gasteiger partial charge in [0.15, 0.2) is 5.78 Å². The Balaban J connectivity index is 2.04. The Morgan fingerprint density at radius 3 is 1.74 bits per heavy atom. The van der Waals surface area contributed by atoms with Gasteiger partial charge in [-0.15, -0.1) is 0 Å². The molecule has 0 aromatic heterocycles. The van der Waals surface area contributed by atoms with E-state index in [0.717, 1.165) is 19.3 Å². The molecule has 0 amide bonds. The monoisotopic (exact) mass is 376 g/mol. The van der Waals surface area contributed by atoms with Crippen molar-refractivity contribution in [2.45, 2.75) is 96.8 Å². The molecule has 0 aliphatic heterocycles. The first-order valence-corrected chi connectivity index (χ1v) is 10.7. The molecule has 0 fully saturated rings. The number of hydrogen-bond donors (Lipinski definition) is 2. The van der Waals surface area contributed by atoms with Crippen LogP contribution < -0.4 is 0 Å². The highest BCUT2D eigenvalue weighted by Crippen LogP contribution is 2.20. The lowest BCUT2D eigenvalue weighted by Crippen LogP contribution is -2.03. The standard InChI is InChI=1S/C23H36O4/c1-2-3-4-5-6-7-8-9-10-11-12-13-14-15-21(24)19-16-17-22(25)20(18-19)23(26)27/h16-18,25H,2-15H2,1H3,(H,26,27).